The van der Waals surface area contributed by atoms with E-state index < -0.39 is 0 Å². The molecule has 10 rings (SSSR count). The predicted molar refractivity (Wildman–Crippen MR) is 342 cm³/mol. The van der Waals surface area contributed by atoms with Gasteiger partial charge in [-0.2, -0.15) is 0 Å². The number of nitrogens with two attached hydrogens (primary N) is 1. The molecule has 0 spiro atoms. The molecule has 1 aliphatic heterocycles. The number of aromatic nitrogens is 4. The number of nitrogens with zero attached hydrogens (tertiary/aromatic N) is 8. The summed E-state index contributed by atoms with van der Waals surface area (Å²) in [6, 6.07) is 67.0. The van der Waals surface area contributed by atoms with Crippen LogP contribution < -0.4 is 52.6 Å². The molecule has 89 heavy (non-hydrogen) atoms. The van der Waals surface area contributed by atoms with E-state index >= 15 is 0 Å². The molecule has 3 N–H and O–H groups in total. The number of hydrogen-bond donors (Lipinski definition) is 2. The van der Waals surface area contributed by atoms with Crippen molar-refractivity contribution in [1.82, 2.24) is 38.5 Å². The third-order valence-electron chi connectivity index (χ3n) is 15.5. The molecule has 1 unspecified atom stereocenters. The van der Waals surface area contributed by atoms with Crippen molar-refractivity contribution in [1.29, 1.82) is 0 Å². The highest BCUT2D eigenvalue weighted by atomic mass is 16.7. The first-order valence-electron chi connectivity index (χ1n) is 30.1. The number of anilines is 1. The molecule has 0 radical (unpaired) electrons. The van der Waals surface area contributed by atoms with Gasteiger partial charge in [0.1, 0.15) is 26.4 Å². The maximum absolute atomic E-state index is 14.0. The summed E-state index contributed by atoms with van der Waals surface area (Å²) in [5, 5.41) is 2.96. The largest absolute Gasteiger partial charge is 0.406 e. The molecule has 9 aromatic rings. The normalized spacial score (nSPS) is 14.7. The van der Waals surface area contributed by atoms with Gasteiger partial charge in [0, 0.05) is 121 Å². The molecule has 4 aromatic heterocycles. The highest BCUT2D eigenvalue weighted by Gasteiger charge is 2.28. The van der Waals surface area contributed by atoms with Gasteiger partial charge < -0.3 is 30.4 Å². The lowest BCUT2D eigenvalue weighted by Gasteiger charge is -2.39. The van der Waals surface area contributed by atoms with Crippen molar-refractivity contribution in [2.75, 3.05) is 57.7 Å². The zero-order chi connectivity index (χ0) is 61.6. The Balaban J connectivity index is 1.06. The summed E-state index contributed by atoms with van der Waals surface area (Å²) in [6.45, 7) is 5.46. The number of rotatable bonds is 25. The molecule has 5 heterocycles. The maximum atomic E-state index is 14.0. The first-order valence-corrected chi connectivity index (χ1v) is 30.1. The number of benzene rings is 5. The number of carbonyl (C=O) groups is 1. The number of nitrogens with one attached hydrogen (secondary N) is 1. The second-order valence-electron chi connectivity index (χ2n) is 22.0. The van der Waals surface area contributed by atoms with Crippen LogP contribution in [0.15, 0.2) is 238 Å². The monoisotopic (exact) mass is 1200 g/mol. The van der Waals surface area contributed by atoms with E-state index in [9.17, 15) is 24.0 Å². The van der Waals surface area contributed by atoms with Crippen LogP contribution in [0.5, 0.6) is 0 Å². The molecule has 1 saturated heterocycles. The fourth-order valence-corrected chi connectivity index (χ4v) is 10.8. The van der Waals surface area contributed by atoms with Crippen LogP contribution in [0, 0.1) is 0 Å². The van der Waals surface area contributed by atoms with Gasteiger partial charge in [0.25, 0.3) is 22.2 Å². The molecular weight excluding hydrogens is 1120 g/mol. The van der Waals surface area contributed by atoms with Crippen LogP contribution in [0.3, 0.4) is 0 Å². The highest BCUT2D eigenvalue weighted by molar-refractivity contribution is 5.90. The van der Waals surface area contributed by atoms with Gasteiger partial charge >= 0.3 is 0 Å². The molecule has 460 valence electrons. The lowest BCUT2D eigenvalue weighted by Crippen LogP contribution is -2.51. The molecule has 5 aromatic carbocycles. The number of hydrogen-bond acceptors (Lipinski definition) is 14. The van der Waals surface area contributed by atoms with E-state index in [1.54, 1.807) is 24.3 Å². The number of carbonyl (C=O) groups excluding carboxylic acids is 1. The standard InChI is InChI=1S/C70H76N10O9/c71-38-37-66(81)72-60-35-33-55(34-36-60)45-65-49-75(48-63-27-15-31-69(84)79(63)88-53-58-21-9-3-10-22-58)42-41-73(46-61-25-13-29-67(82)77(61)86-51-56-17-5-1-6-18-56)39-40-74(47-62-26-14-30-68(83)78(62)87-52-57-19-7-2-8-20-57)43-44-76(65)50-64-28-16-32-70(85)80(64)89-54-59-23-11-4-12-24-59/h1-36,65H,37-54,71H2,(H,72,81). The molecule has 19 heteroatoms. The second kappa shape index (κ2) is 31.8. The summed E-state index contributed by atoms with van der Waals surface area (Å²) >= 11 is 0. The van der Waals surface area contributed by atoms with E-state index in [0.717, 1.165) is 27.8 Å². The number of pyridine rings is 4. The van der Waals surface area contributed by atoms with E-state index in [2.05, 4.69) is 24.9 Å². The van der Waals surface area contributed by atoms with Crippen molar-refractivity contribution in [2.24, 2.45) is 5.73 Å². The van der Waals surface area contributed by atoms with E-state index in [4.69, 9.17) is 25.1 Å². The smallest absolute Gasteiger partial charge is 0.283 e. The van der Waals surface area contributed by atoms with Crippen LogP contribution in [0.4, 0.5) is 5.69 Å². The van der Waals surface area contributed by atoms with Crippen molar-refractivity contribution >= 4 is 11.6 Å². The van der Waals surface area contributed by atoms with Crippen molar-refractivity contribution in [3.8, 4) is 0 Å². The van der Waals surface area contributed by atoms with Gasteiger partial charge in [0.2, 0.25) is 5.91 Å². The average Bonchev–Trinajstić information content (AvgIpc) is 2.30. The van der Waals surface area contributed by atoms with Gasteiger partial charge in [-0.3, -0.25) is 43.6 Å². The molecule has 19 nitrogen and oxygen atoms in total. The van der Waals surface area contributed by atoms with Crippen LogP contribution in [0.2, 0.25) is 0 Å². The van der Waals surface area contributed by atoms with Crippen LogP contribution >= 0.6 is 0 Å². The topological polar surface area (TPSA) is 193 Å². The Morgan fingerprint density at radius 1 is 0.382 bits per heavy atom. The molecule has 0 bridgehead atoms. The maximum Gasteiger partial charge on any atom is 0.283 e. The zero-order valence-electron chi connectivity index (χ0n) is 49.9. The summed E-state index contributed by atoms with van der Waals surface area (Å²) < 4.78 is 5.54. The van der Waals surface area contributed by atoms with E-state index in [0.29, 0.717) is 100 Å². The Morgan fingerprint density at radius 2 is 0.719 bits per heavy atom. The molecule has 1 fully saturated rings. The molecule has 1 aliphatic rings. The minimum atomic E-state index is -0.315. The van der Waals surface area contributed by atoms with E-state index in [1.165, 1.54) is 43.2 Å². The first-order chi connectivity index (χ1) is 43.6. The third kappa shape index (κ3) is 18.2. The van der Waals surface area contributed by atoms with E-state index in [-0.39, 0.29) is 80.1 Å². The second-order valence-corrected chi connectivity index (χ2v) is 22.0. The molecule has 1 atom stereocenters. The van der Waals surface area contributed by atoms with Gasteiger partial charge in [0.05, 0.1) is 22.8 Å². The predicted octanol–water partition coefficient (Wildman–Crippen LogP) is 6.07. The van der Waals surface area contributed by atoms with Crippen LogP contribution in [0.25, 0.3) is 0 Å². The summed E-state index contributed by atoms with van der Waals surface area (Å²) in [7, 11) is 0. The Hall–Kier alpha value is -9.63. The van der Waals surface area contributed by atoms with Crippen LogP contribution in [-0.4, -0.2) is 103 Å². The summed E-state index contributed by atoms with van der Waals surface area (Å²) in [5.41, 5.74) is 12.3. The average molecular weight is 1200 g/mol. The Labute approximate surface area is 517 Å². The lowest BCUT2D eigenvalue weighted by molar-refractivity contribution is -0.116. The summed E-state index contributed by atoms with van der Waals surface area (Å²) in [6.07, 6.45) is 0.692. The first kappa shape index (κ1) is 62.4. The van der Waals surface area contributed by atoms with Crippen LogP contribution in [0.1, 0.15) is 57.0 Å². The fourth-order valence-electron chi connectivity index (χ4n) is 10.8. The molecule has 0 saturated carbocycles. The quantitative estimate of drug-likeness (QED) is 0.0670. The minimum absolute atomic E-state index is 0.155. The summed E-state index contributed by atoms with van der Waals surface area (Å²) in [5.74, 6) is -0.180. The van der Waals surface area contributed by atoms with Crippen LogP contribution in [-0.2, 0) is 63.8 Å². The fraction of sp³-hybridized carbons (Fsp3) is 0.271. The van der Waals surface area contributed by atoms with E-state index in [1.807, 2.05) is 170 Å². The Kier molecular flexibility index (Phi) is 22.3. The third-order valence-corrected chi connectivity index (χ3v) is 15.5. The SMILES string of the molecule is NCCC(=O)Nc1ccc(CC2CN(Cc3cccc(=O)n3OCc3ccccc3)CCN(Cc3cccc(=O)n3OCc3ccccc3)CCN(Cc3cccc(=O)n3OCc3ccccc3)CCN2Cc2cccc(=O)n2OCc2ccccc2)cc1. The lowest BCUT2D eigenvalue weighted by atomic mass is 10.0. The minimum Gasteiger partial charge on any atom is -0.406 e. The van der Waals surface area contributed by atoms with Crippen molar-refractivity contribution in [2.45, 2.75) is 71.5 Å². The molecule has 1 amide bonds. The summed E-state index contributed by atoms with van der Waals surface area (Å²) in [4.78, 5) is 103. The zero-order valence-corrected chi connectivity index (χ0v) is 49.9. The Bertz CT molecular complexity index is 3920. The van der Waals surface area contributed by atoms with Gasteiger partial charge in [-0.15, -0.1) is 18.9 Å². The molecule has 0 aliphatic carbocycles. The van der Waals surface area contributed by atoms with Crippen molar-refractivity contribution in [3.63, 3.8) is 0 Å². The number of amides is 1. The molecular formula is C70H76N10O9. The van der Waals surface area contributed by atoms with Crippen molar-refractivity contribution in [3.05, 3.63) is 310 Å². The van der Waals surface area contributed by atoms with Crippen molar-refractivity contribution < 1.29 is 24.1 Å². The Morgan fingerprint density at radius 3 is 1.09 bits per heavy atom. The highest BCUT2D eigenvalue weighted by Crippen LogP contribution is 2.21. The van der Waals surface area contributed by atoms with Gasteiger partial charge in [-0.25, -0.2) is 0 Å². The van der Waals surface area contributed by atoms with Gasteiger partial charge in [-0.05, 0) is 70.6 Å². The van der Waals surface area contributed by atoms with Gasteiger partial charge in [-0.1, -0.05) is 158 Å². The van der Waals surface area contributed by atoms with Gasteiger partial charge in [0.15, 0.2) is 0 Å².